The summed E-state index contributed by atoms with van der Waals surface area (Å²) >= 11 is 0. The van der Waals surface area contributed by atoms with E-state index in [1.165, 1.54) is 5.69 Å². The smallest absolute Gasteiger partial charge is 0.246 e. The first kappa shape index (κ1) is 16.3. The van der Waals surface area contributed by atoms with Gasteiger partial charge < -0.3 is 9.80 Å². The van der Waals surface area contributed by atoms with Crippen molar-refractivity contribution >= 4 is 17.7 Å². The summed E-state index contributed by atoms with van der Waals surface area (Å²) < 4.78 is 1.85. The van der Waals surface area contributed by atoms with Crippen LogP contribution in [0.2, 0.25) is 0 Å². The van der Waals surface area contributed by atoms with Gasteiger partial charge in [0.2, 0.25) is 5.91 Å². The van der Waals surface area contributed by atoms with Crippen LogP contribution in [-0.2, 0) is 11.8 Å². The third-order valence-corrected chi connectivity index (χ3v) is 4.67. The van der Waals surface area contributed by atoms with Crippen molar-refractivity contribution in [2.45, 2.75) is 13.8 Å². The molecular formula is C19H24N4O. The van der Waals surface area contributed by atoms with Crippen LogP contribution in [0.1, 0.15) is 17.0 Å². The molecule has 0 bridgehead atoms. The molecule has 1 aliphatic heterocycles. The molecule has 1 aromatic carbocycles. The van der Waals surface area contributed by atoms with Crippen molar-refractivity contribution in [3.8, 4) is 0 Å². The Balaban J connectivity index is 1.60. The molecular weight excluding hydrogens is 300 g/mol. The van der Waals surface area contributed by atoms with Crippen LogP contribution < -0.4 is 4.90 Å². The van der Waals surface area contributed by atoms with E-state index in [0.29, 0.717) is 0 Å². The number of anilines is 1. The van der Waals surface area contributed by atoms with Gasteiger partial charge in [0, 0.05) is 56.2 Å². The van der Waals surface area contributed by atoms with Crippen LogP contribution >= 0.6 is 0 Å². The second-order valence-electron chi connectivity index (χ2n) is 6.19. The van der Waals surface area contributed by atoms with Crippen LogP contribution in [0.5, 0.6) is 0 Å². The summed E-state index contributed by atoms with van der Waals surface area (Å²) in [7, 11) is 1.92. The van der Waals surface area contributed by atoms with Gasteiger partial charge in [-0.3, -0.25) is 9.48 Å². The molecule has 5 heteroatoms. The van der Waals surface area contributed by atoms with Gasteiger partial charge in [0.1, 0.15) is 0 Å². The third kappa shape index (κ3) is 3.35. The molecule has 0 saturated carbocycles. The van der Waals surface area contributed by atoms with E-state index in [1.807, 2.05) is 54.8 Å². The number of carbonyl (C=O) groups excluding carboxylic acids is 1. The van der Waals surface area contributed by atoms with Crippen LogP contribution in [0.15, 0.2) is 36.4 Å². The summed E-state index contributed by atoms with van der Waals surface area (Å²) in [4.78, 5) is 16.7. The lowest BCUT2D eigenvalue weighted by molar-refractivity contribution is -0.126. The number of carbonyl (C=O) groups is 1. The second-order valence-corrected chi connectivity index (χ2v) is 6.19. The lowest BCUT2D eigenvalue weighted by Crippen LogP contribution is -2.48. The summed E-state index contributed by atoms with van der Waals surface area (Å²) in [5, 5.41) is 4.38. The highest BCUT2D eigenvalue weighted by molar-refractivity contribution is 5.92. The Hall–Kier alpha value is -2.56. The second kappa shape index (κ2) is 6.91. The van der Waals surface area contributed by atoms with Gasteiger partial charge in [0.05, 0.1) is 5.69 Å². The lowest BCUT2D eigenvalue weighted by Gasteiger charge is -2.35. The van der Waals surface area contributed by atoms with E-state index in [1.54, 1.807) is 6.08 Å². The number of para-hydroxylation sites is 1. The maximum Gasteiger partial charge on any atom is 0.246 e. The first-order valence-electron chi connectivity index (χ1n) is 8.33. The highest BCUT2D eigenvalue weighted by Crippen LogP contribution is 2.17. The van der Waals surface area contributed by atoms with E-state index < -0.39 is 0 Å². The Bertz CT molecular complexity index is 740. The van der Waals surface area contributed by atoms with Crippen LogP contribution in [0, 0.1) is 13.8 Å². The average Bonchev–Trinajstić information content (AvgIpc) is 2.86. The van der Waals surface area contributed by atoms with Crippen LogP contribution in [-0.4, -0.2) is 46.8 Å². The SMILES string of the molecule is Cc1nn(C)c(C)c1C=CC(=O)N1CCN(c2ccccc2)CC1. The Morgan fingerprint density at radius 2 is 1.75 bits per heavy atom. The summed E-state index contributed by atoms with van der Waals surface area (Å²) in [5.74, 6) is 0.0744. The Kier molecular flexibility index (Phi) is 4.69. The Labute approximate surface area is 143 Å². The minimum absolute atomic E-state index is 0.0744. The number of aromatic nitrogens is 2. The number of hydrogen-bond acceptors (Lipinski definition) is 3. The van der Waals surface area contributed by atoms with Crippen LogP contribution in [0.4, 0.5) is 5.69 Å². The standard InChI is InChI=1S/C19H24N4O/c1-15-18(16(2)21(3)20-15)9-10-19(24)23-13-11-22(12-14-23)17-7-5-4-6-8-17/h4-10H,11-14H2,1-3H3. The van der Waals surface area contributed by atoms with Crippen molar-refractivity contribution in [1.29, 1.82) is 0 Å². The van der Waals surface area contributed by atoms with Crippen LogP contribution in [0.25, 0.3) is 6.08 Å². The quantitative estimate of drug-likeness (QED) is 0.814. The normalized spacial score (nSPS) is 15.3. The molecule has 126 valence electrons. The summed E-state index contributed by atoms with van der Waals surface area (Å²) in [6.07, 6.45) is 3.57. The fourth-order valence-corrected chi connectivity index (χ4v) is 3.12. The molecule has 1 fully saturated rings. The van der Waals surface area contributed by atoms with Crippen molar-refractivity contribution in [2.75, 3.05) is 31.1 Å². The highest BCUT2D eigenvalue weighted by atomic mass is 16.2. The first-order valence-corrected chi connectivity index (χ1v) is 8.33. The molecule has 1 amide bonds. The van der Waals surface area contributed by atoms with E-state index in [-0.39, 0.29) is 5.91 Å². The molecule has 0 spiro atoms. The fourth-order valence-electron chi connectivity index (χ4n) is 3.12. The number of benzene rings is 1. The minimum atomic E-state index is 0.0744. The van der Waals surface area contributed by atoms with Gasteiger partial charge in [0.25, 0.3) is 0 Å². The minimum Gasteiger partial charge on any atom is -0.368 e. The van der Waals surface area contributed by atoms with E-state index in [0.717, 1.165) is 43.1 Å². The van der Waals surface area contributed by atoms with Crippen molar-refractivity contribution in [3.63, 3.8) is 0 Å². The molecule has 1 aromatic heterocycles. The van der Waals surface area contributed by atoms with Gasteiger partial charge >= 0.3 is 0 Å². The number of aryl methyl sites for hydroxylation is 2. The zero-order valence-corrected chi connectivity index (χ0v) is 14.6. The zero-order chi connectivity index (χ0) is 17.1. The van der Waals surface area contributed by atoms with Crippen LogP contribution in [0.3, 0.4) is 0 Å². The predicted molar refractivity (Wildman–Crippen MR) is 97.0 cm³/mol. The molecule has 5 nitrogen and oxygen atoms in total. The Morgan fingerprint density at radius 1 is 1.08 bits per heavy atom. The van der Waals surface area contributed by atoms with Gasteiger partial charge in [-0.1, -0.05) is 18.2 Å². The van der Waals surface area contributed by atoms with Gasteiger partial charge in [-0.25, -0.2) is 0 Å². The molecule has 1 aliphatic rings. The summed E-state index contributed by atoms with van der Waals surface area (Å²) in [6.45, 7) is 7.23. The molecule has 0 unspecified atom stereocenters. The van der Waals surface area contributed by atoms with Gasteiger partial charge in [0.15, 0.2) is 0 Å². The molecule has 0 atom stereocenters. The number of hydrogen-bond donors (Lipinski definition) is 0. The number of nitrogens with zero attached hydrogens (tertiary/aromatic N) is 4. The average molecular weight is 324 g/mol. The summed E-state index contributed by atoms with van der Waals surface area (Å²) in [5.41, 5.74) is 4.29. The molecule has 0 aliphatic carbocycles. The Morgan fingerprint density at radius 3 is 2.33 bits per heavy atom. The largest absolute Gasteiger partial charge is 0.368 e. The predicted octanol–water partition coefficient (Wildman–Crippen LogP) is 2.40. The van der Waals surface area contributed by atoms with Crippen molar-refractivity contribution in [3.05, 3.63) is 53.4 Å². The topological polar surface area (TPSA) is 41.4 Å². The highest BCUT2D eigenvalue weighted by Gasteiger charge is 2.19. The van der Waals surface area contributed by atoms with E-state index >= 15 is 0 Å². The lowest BCUT2D eigenvalue weighted by atomic mass is 10.2. The monoisotopic (exact) mass is 324 g/mol. The number of piperazine rings is 1. The third-order valence-electron chi connectivity index (χ3n) is 4.67. The molecule has 0 N–H and O–H groups in total. The molecule has 2 aromatic rings. The van der Waals surface area contributed by atoms with E-state index in [9.17, 15) is 4.79 Å². The molecule has 3 rings (SSSR count). The van der Waals surface area contributed by atoms with Gasteiger partial charge in [-0.05, 0) is 32.1 Å². The van der Waals surface area contributed by atoms with E-state index in [4.69, 9.17) is 0 Å². The zero-order valence-electron chi connectivity index (χ0n) is 14.6. The van der Waals surface area contributed by atoms with Gasteiger partial charge in [-0.2, -0.15) is 5.10 Å². The molecule has 2 heterocycles. The number of amides is 1. The summed E-state index contributed by atoms with van der Waals surface area (Å²) in [6, 6.07) is 10.4. The molecule has 1 saturated heterocycles. The first-order chi connectivity index (χ1) is 11.6. The van der Waals surface area contributed by atoms with Crippen molar-refractivity contribution in [2.24, 2.45) is 7.05 Å². The maximum atomic E-state index is 12.4. The van der Waals surface area contributed by atoms with E-state index in [2.05, 4.69) is 22.1 Å². The molecule has 0 radical (unpaired) electrons. The van der Waals surface area contributed by atoms with Gasteiger partial charge in [-0.15, -0.1) is 0 Å². The molecule has 24 heavy (non-hydrogen) atoms. The fraction of sp³-hybridized carbons (Fsp3) is 0.368. The number of rotatable bonds is 3. The van der Waals surface area contributed by atoms with Crippen molar-refractivity contribution < 1.29 is 4.79 Å². The van der Waals surface area contributed by atoms with Crippen molar-refractivity contribution in [1.82, 2.24) is 14.7 Å². The maximum absolute atomic E-state index is 12.4.